The zero-order valence-electron chi connectivity index (χ0n) is 16.8. The number of aliphatic hydroxyl groups is 1. The monoisotopic (exact) mass is 381 g/mol. The van der Waals surface area contributed by atoms with Gasteiger partial charge in [0.1, 0.15) is 0 Å². The van der Waals surface area contributed by atoms with E-state index in [1.54, 1.807) is 0 Å². The van der Waals surface area contributed by atoms with Gasteiger partial charge in [0.25, 0.3) is 0 Å². The lowest BCUT2D eigenvalue weighted by atomic mass is 9.45. The van der Waals surface area contributed by atoms with Crippen molar-refractivity contribution in [2.24, 2.45) is 40.2 Å². The van der Waals surface area contributed by atoms with Crippen molar-refractivity contribution in [1.82, 2.24) is 0 Å². The van der Waals surface area contributed by atoms with Crippen molar-refractivity contribution in [3.8, 4) is 0 Å². The molecule has 4 aliphatic rings. The molecule has 4 unspecified atom stereocenters. The lowest BCUT2D eigenvalue weighted by Gasteiger charge is -2.60. The van der Waals surface area contributed by atoms with E-state index in [2.05, 4.69) is 13.8 Å². The zero-order valence-corrected chi connectivity index (χ0v) is 17.6. The quantitative estimate of drug-likeness (QED) is 0.777. The van der Waals surface area contributed by atoms with Crippen LogP contribution in [0.3, 0.4) is 0 Å². The van der Waals surface area contributed by atoms with Crippen LogP contribution in [0.2, 0.25) is 0 Å². The summed E-state index contributed by atoms with van der Waals surface area (Å²) in [5, 5.41) is 11.0. The average Bonchev–Trinajstić information content (AvgIpc) is 2.94. The van der Waals surface area contributed by atoms with Crippen LogP contribution in [0.25, 0.3) is 0 Å². The summed E-state index contributed by atoms with van der Waals surface area (Å²) in [4.78, 5) is 0. The second-order valence-electron chi connectivity index (χ2n) is 10.4. The molecule has 4 saturated carbocycles. The third kappa shape index (κ3) is 2.93. The van der Waals surface area contributed by atoms with Crippen molar-refractivity contribution in [3.05, 3.63) is 0 Å². The summed E-state index contributed by atoms with van der Waals surface area (Å²) >= 11 is 0. The van der Waals surface area contributed by atoms with Gasteiger partial charge in [0.15, 0.2) is 0 Å². The Balaban J connectivity index is 1.48. The van der Waals surface area contributed by atoms with Crippen molar-refractivity contribution in [1.29, 1.82) is 0 Å². The Labute approximate surface area is 162 Å². The predicted molar refractivity (Wildman–Crippen MR) is 108 cm³/mol. The van der Waals surface area contributed by atoms with Crippen LogP contribution in [0.4, 0.5) is 0 Å². The van der Waals surface area contributed by atoms with Gasteiger partial charge in [0.2, 0.25) is 0 Å². The molecule has 0 radical (unpaired) electrons. The maximum Gasteiger partial charge on any atom is 0.0596 e. The summed E-state index contributed by atoms with van der Waals surface area (Å²) in [5.74, 6) is 3.97. The SMILES string of the molecule is C[C@]12CC[C@@H]([S@@](=O)CCCN)CC1CCC1C2CC[C@@]2(C)C1CC[C@@H]2O. The van der Waals surface area contributed by atoms with Crippen LogP contribution >= 0.6 is 0 Å². The fraction of sp³-hybridized carbons (Fsp3) is 1.00. The topological polar surface area (TPSA) is 63.3 Å². The molecule has 150 valence electrons. The molecule has 9 atom stereocenters. The van der Waals surface area contributed by atoms with E-state index >= 15 is 0 Å². The first-order chi connectivity index (χ1) is 12.4. The van der Waals surface area contributed by atoms with Crippen LogP contribution in [0, 0.1) is 34.5 Å². The number of nitrogens with two attached hydrogens (primary N) is 1. The van der Waals surface area contributed by atoms with Crippen LogP contribution in [-0.2, 0) is 10.8 Å². The standard InChI is InChI=1S/C22H39NO2S/c1-21-10-8-16(26(25)13-3-12-23)14-15(21)4-5-17-18-6-7-20(24)22(18,2)11-9-19(17)21/h15-20,24H,3-14,23H2,1-2H3/t15?,16-,17?,18?,19?,20+,21+,22+,26+/m1/s1. The molecule has 3 nitrogen and oxygen atoms in total. The fourth-order valence-electron chi connectivity index (χ4n) is 7.82. The van der Waals surface area contributed by atoms with E-state index in [4.69, 9.17) is 5.73 Å². The normalized spacial score (nSPS) is 52.0. The fourth-order valence-corrected chi connectivity index (χ4v) is 9.43. The highest BCUT2D eigenvalue weighted by molar-refractivity contribution is 7.85. The van der Waals surface area contributed by atoms with E-state index in [-0.39, 0.29) is 11.5 Å². The van der Waals surface area contributed by atoms with E-state index < -0.39 is 10.8 Å². The van der Waals surface area contributed by atoms with E-state index in [0.29, 0.717) is 17.2 Å². The van der Waals surface area contributed by atoms with Gasteiger partial charge in [-0.05, 0) is 105 Å². The second kappa shape index (κ2) is 7.15. The minimum Gasteiger partial charge on any atom is -0.393 e. The first kappa shape index (κ1) is 19.4. The summed E-state index contributed by atoms with van der Waals surface area (Å²) in [6, 6.07) is 0. The van der Waals surface area contributed by atoms with E-state index in [9.17, 15) is 9.32 Å². The average molecular weight is 382 g/mol. The van der Waals surface area contributed by atoms with E-state index in [0.717, 1.165) is 48.7 Å². The maximum absolute atomic E-state index is 12.7. The van der Waals surface area contributed by atoms with Gasteiger partial charge in [-0.25, -0.2) is 0 Å². The number of rotatable bonds is 4. The lowest BCUT2D eigenvalue weighted by Crippen LogP contribution is -2.54. The van der Waals surface area contributed by atoms with Crippen molar-refractivity contribution in [3.63, 3.8) is 0 Å². The minimum atomic E-state index is -0.678. The molecule has 4 rings (SSSR count). The number of fused-ring (bicyclic) bond motifs is 5. The maximum atomic E-state index is 12.7. The van der Waals surface area contributed by atoms with Crippen molar-refractivity contribution in [2.45, 2.75) is 89.4 Å². The highest BCUT2D eigenvalue weighted by atomic mass is 32.2. The van der Waals surface area contributed by atoms with Crippen molar-refractivity contribution in [2.75, 3.05) is 12.3 Å². The van der Waals surface area contributed by atoms with Gasteiger partial charge in [-0.15, -0.1) is 0 Å². The highest BCUT2D eigenvalue weighted by Gasteiger charge is 2.60. The van der Waals surface area contributed by atoms with Gasteiger partial charge in [0, 0.05) is 21.8 Å². The molecule has 0 aliphatic heterocycles. The van der Waals surface area contributed by atoms with Crippen LogP contribution in [-0.4, -0.2) is 33.0 Å². The largest absolute Gasteiger partial charge is 0.393 e. The van der Waals surface area contributed by atoms with Gasteiger partial charge in [-0.3, -0.25) is 4.21 Å². The minimum absolute atomic E-state index is 0.0697. The molecule has 0 heterocycles. The van der Waals surface area contributed by atoms with E-state index in [1.807, 2.05) is 0 Å². The molecule has 26 heavy (non-hydrogen) atoms. The van der Waals surface area contributed by atoms with Gasteiger partial charge in [-0.1, -0.05) is 13.8 Å². The molecule has 0 aromatic heterocycles. The predicted octanol–water partition coefficient (Wildman–Crippen LogP) is 3.86. The molecule has 0 amide bonds. The number of hydrogen-bond donors (Lipinski definition) is 2. The van der Waals surface area contributed by atoms with Crippen molar-refractivity contribution < 1.29 is 9.32 Å². The lowest BCUT2D eigenvalue weighted by molar-refractivity contribution is -0.120. The Bertz CT molecular complexity index is 554. The third-order valence-electron chi connectivity index (χ3n) is 9.49. The van der Waals surface area contributed by atoms with Crippen LogP contribution < -0.4 is 5.73 Å². The molecule has 0 spiro atoms. The molecule has 0 aromatic rings. The Kier molecular flexibility index (Phi) is 5.33. The molecule has 4 heteroatoms. The third-order valence-corrected chi connectivity index (χ3v) is 11.4. The molecule has 0 aromatic carbocycles. The highest BCUT2D eigenvalue weighted by Crippen LogP contribution is 2.66. The molecular formula is C22H39NO2S. The Hall–Kier alpha value is 0.0700. The van der Waals surface area contributed by atoms with Gasteiger partial charge >= 0.3 is 0 Å². The zero-order chi connectivity index (χ0) is 18.5. The van der Waals surface area contributed by atoms with E-state index in [1.165, 1.54) is 44.9 Å². The first-order valence-electron chi connectivity index (χ1n) is 11.2. The molecule has 0 bridgehead atoms. The summed E-state index contributed by atoms with van der Waals surface area (Å²) in [6.07, 6.45) is 11.9. The summed E-state index contributed by atoms with van der Waals surface area (Å²) in [6.45, 7) is 5.61. The van der Waals surface area contributed by atoms with Crippen LogP contribution in [0.15, 0.2) is 0 Å². The Morgan fingerprint density at radius 2 is 1.73 bits per heavy atom. The van der Waals surface area contributed by atoms with Crippen LogP contribution in [0.5, 0.6) is 0 Å². The summed E-state index contributed by atoms with van der Waals surface area (Å²) in [5.41, 5.74) is 6.25. The number of hydrogen-bond acceptors (Lipinski definition) is 3. The Morgan fingerprint density at radius 1 is 1.00 bits per heavy atom. The van der Waals surface area contributed by atoms with Gasteiger partial charge < -0.3 is 10.8 Å². The molecule has 4 fully saturated rings. The van der Waals surface area contributed by atoms with Crippen LogP contribution in [0.1, 0.15) is 78.1 Å². The molecular weight excluding hydrogens is 342 g/mol. The van der Waals surface area contributed by atoms with Gasteiger partial charge in [0.05, 0.1) is 6.10 Å². The number of aliphatic hydroxyl groups excluding tert-OH is 1. The molecule has 4 aliphatic carbocycles. The molecule has 3 N–H and O–H groups in total. The second-order valence-corrected chi connectivity index (χ2v) is 12.3. The van der Waals surface area contributed by atoms with Crippen molar-refractivity contribution >= 4 is 10.8 Å². The summed E-state index contributed by atoms with van der Waals surface area (Å²) in [7, 11) is -0.678. The van der Waals surface area contributed by atoms with Gasteiger partial charge in [-0.2, -0.15) is 0 Å². The Morgan fingerprint density at radius 3 is 2.50 bits per heavy atom. The molecule has 0 saturated heterocycles. The first-order valence-corrected chi connectivity index (χ1v) is 12.5. The summed E-state index contributed by atoms with van der Waals surface area (Å²) < 4.78 is 12.7. The smallest absolute Gasteiger partial charge is 0.0596 e.